The molecule has 1 heterocycles. The van der Waals surface area contributed by atoms with Crippen molar-refractivity contribution in [1.82, 2.24) is 9.78 Å². The molecule has 3 nitrogen and oxygen atoms in total. The van der Waals surface area contributed by atoms with Gasteiger partial charge in [-0.05, 0) is 47.2 Å². The highest BCUT2D eigenvalue weighted by Gasteiger charge is 2.11. The van der Waals surface area contributed by atoms with E-state index in [9.17, 15) is 4.39 Å². The minimum Gasteiger partial charge on any atom is -0.383 e. The van der Waals surface area contributed by atoms with Crippen LogP contribution in [0.4, 0.5) is 10.2 Å². The molecule has 90 valence electrons. The second kappa shape index (κ2) is 4.81. The van der Waals surface area contributed by atoms with Gasteiger partial charge in [-0.3, -0.25) is 0 Å². The van der Waals surface area contributed by atoms with E-state index in [2.05, 4.69) is 27.7 Å². The Morgan fingerprint density at radius 2 is 2.24 bits per heavy atom. The number of benzene rings is 1. The zero-order valence-corrected chi connectivity index (χ0v) is 12.0. The molecule has 0 unspecified atom stereocenters. The average Bonchev–Trinajstić information content (AvgIpc) is 2.50. The third-order valence-corrected chi connectivity index (χ3v) is 4.11. The van der Waals surface area contributed by atoms with Crippen molar-refractivity contribution in [3.8, 4) is 0 Å². The Balaban J connectivity index is 2.34. The van der Waals surface area contributed by atoms with Crippen LogP contribution in [-0.4, -0.2) is 9.78 Å². The first-order valence-electron chi connectivity index (χ1n) is 4.91. The number of halogens is 3. The topological polar surface area (TPSA) is 43.8 Å². The van der Waals surface area contributed by atoms with Crippen molar-refractivity contribution < 1.29 is 4.39 Å². The van der Waals surface area contributed by atoms with Crippen molar-refractivity contribution in [2.45, 2.75) is 13.5 Å². The third kappa shape index (κ3) is 2.55. The van der Waals surface area contributed by atoms with Gasteiger partial charge in [-0.2, -0.15) is 5.10 Å². The molecule has 17 heavy (non-hydrogen) atoms. The van der Waals surface area contributed by atoms with Gasteiger partial charge in [0.1, 0.15) is 11.6 Å². The van der Waals surface area contributed by atoms with Gasteiger partial charge >= 0.3 is 0 Å². The molecule has 0 amide bonds. The van der Waals surface area contributed by atoms with E-state index < -0.39 is 0 Å². The molecule has 0 fully saturated rings. The quantitative estimate of drug-likeness (QED) is 0.831. The van der Waals surface area contributed by atoms with Crippen LogP contribution in [0.3, 0.4) is 0 Å². The summed E-state index contributed by atoms with van der Waals surface area (Å²) >= 11 is 8.10. The van der Waals surface area contributed by atoms with Crippen LogP contribution in [0, 0.1) is 16.3 Å². The lowest BCUT2D eigenvalue weighted by Crippen LogP contribution is -2.06. The first kappa shape index (κ1) is 12.6. The van der Waals surface area contributed by atoms with Gasteiger partial charge in [-0.1, -0.05) is 17.7 Å². The van der Waals surface area contributed by atoms with Gasteiger partial charge in [0, 0.05) is 5.02 Å². The van der Waals surface area contributed by atoms with E-state index in [1.807, 2.05) is 6.92 Å². The smallest absolute Gasteiger partial charge is 0.135 e. The Kier molecular flexibility index (Phi) is 3.58. The van der Waals surface area contributed by atoms with Crippen LogP contribution in [0.25, 0.3) is 0 Å². The second-order valence-electron chi connectivity index (χ2n) is 3.68. The molecule has 2 aromatic rings. The molecule has 6 heteroatoms. The number of nitrogens with two attached hydrogens (primary N) is 1. The summed E-state index contributed by atoms with van der Waals surface area (Å²) in [6, 6.07) is 4.30. The van der Waals surface area contributed by atoms with Crippen molar-refractivity contribution in [2.24, 2.45) is 0 Å². The lowest BCUT2D eigenvalue weighted by molar-refractivity contribution is 0.624. The normalized spacial score (nSPS) is 10.8. The fourth-order valence-electron chi connectivity index (χ4n) is 1.51. The number of aromatic nitrogens is 2. The Hall–Kier alpha value is -0.820. The summed E-state index contributed by atoms with van der Waals surface area (Å²) in [5.41, 5.74) is 7.57. The number of nitrogen functional groups attached to an aromatic ring is 1. The van der Waals surface area contributed by atoms with Gasteiger partial charge in [0.2, 0.25) is 0 Å². The van der Waals surface area contributed by atoms with E-state index in [0.717, 1.165) is 14.8 Å². The standard InChI is InChI=1S/C11H10ClFIN3/c1-6-10(14)11(15)17(16-6)5-7-2-3-8(13)4-9(7)12/h2-4H,5,15H2,1H3. The molecular weight excluding hydrogens is 355 g/mol. The number of hydrogen-bond acceptors (Lipinski definition) is 2. The monoisotopic (exact) mass is 365 g/mol. The second-order valence-corrected chi connectivity index (χ2v) is 5.16. The highest BCUT2D eigenvalue weighted by Crippen LogP contribution is 2.22. The van der Waals surface area contributed by atoms with Gasteiger partial charge < -0.3 is 5.73 Å². The summed E-state index contributed by atoms with van der Waals surface area (Å²) in [5.74, 6) is 0.251. The third-order valence-electron chi connectivity index (χ3n) is 2.43. The predicted octanol–water partition coefficient (Wildman–Crippen LogP) is 3.22. The van der Waals surface area contributed by atoms with E-state index in [4.69, 9.17) is 17.3 Å². The van der Waals surface area contributed by atoms with Gasteiger partial charge in [-0.15, -0.1) is 0 Å². The summed E-state index contributed by atoms with van der Waals surface area (Å²) in [7, 11) is 0. The maximum Gasteiger partial charge on any atom is 0.135 e. The van der Waals surface area contributed by atoms with Crippen molar-refractivity contribution in [1.29, 1.82) is 0 Å². The largest absolute Gasteiger partial charge is 0.383 e. The van der Waals surface area contributed by atoms with E-state index in [-0.39, 0.29) is 5.82 Å². The van der Waals surface area contributed by atoms with Crippen molar-refractivity contribution in [3.05, 3.63) is 43.9 Å². The molecule has 0 aliphatic carbocycles. The molecule has 0 saturated heterocycles. The fraction of sp³-hybridized carbons (Fsp3) is 0.182. The van der Waals surface area contributed by atoms with Crippen LogP contribution in [0.15, 0.2) is 18.2 Å². The lowest BCUT2D eigenvalue weighted by atomic mass is 10.2. The Morgan fingerprint density at radius 3 is 2.76 bits per heavy atom. The summed E-state index contributed by atoms with van der Waals surface area (Å²) < 4.78 is 15.5. The number of rotatable bonds is 2. The molecule has 0 spiro atoms. The van der Waals surface area contributed by atoms with Crippen molar-refractivity contribution >= 4 is 40.0 Å². The minimum absolute atomic E-state index is 0.349. The molecule has 0 radical (unpaired) electrons. The summed E-state index contributed by atoms with van der Waals surface area (Å²) in [6.45, 7) is 2.33. The molecule has 1 aromatic heterocycles. The summed E-state index contributed by atoms with van der Waals surface area (Å²) in [6.07, 6.45) is 0. The van der Waals surface area contributed by atoms with Gasteiger partial charge in [0.25, 0.3) is 0 Å². The van der Waals surface area contributed by atoms with Crippen LogP contribution in [0.1, 0.15) is 11.3 Å². The first-order valence-corrected chi connectivity index (χ1v) is 6.37. The summed E-state index contributed by atoms with van der Waals surface area (Å²) in [4.78, 5) is 0. The molecule has 0 atom stereocenters. The van der Waals surface area contributed by atoms with Crippen LogP contribution in [0.5, 0.6) is 0 Å². The van der Waals surface area contributed by atoms with Crippen LogP contribution >= 0.6 is 34.2 Å². The number of anilines is 1. The Morgan fingerprint density at radius 1 is 1.53 bits per heavy atom. The Labute approximate surface area is 117 Å². The highest BCUT2D eigenvalue weighted by molar-refractivity contribution is 14.1. The van der Waals surface area contributed by atoms with Gasteiger partial charge in [0.15, 0.2) is 0 Å². The predicted molar refractivity (Wildman–Crippen MR) is 74.6 cm³/mol. The van der Waals surface area contributed by atoms with Gasteiger partial charge in [0.05, 0.1) is 15.8 Å². The maximum atomic E-state index is 12.9. The van der Waals surface area contributed by atoms with E-state index in [0.29, 0.717) is 17.4 Å². The fourth-order valence-corrected chi connectivity index (χ4v) is 2.12. The molecule has 0 aliphatic rings. The molecule has 0 saturated carbocycles. The SMILES string of the molecule is Cc1nn(Cc2ccc(F)cc2Cl)c(N)c1I. The first-order chi connectivity index (χ1) is 7.99. The minimum atomic E-state index is -0.349. The van der Waals surface area contributed by atoms with Crippen molar-refractivity contribution in [3.63, 3.8) is 0 Å². The number of hydrogen-bond donors (Lipinski definition) is 1. The van der Waals surface area contributed by atoms with Gasteiger partial charge in [-0.25, -0.2) is 9.07 Å². The Bertz CT molecular complexity index is 568. The highest BCUT2D eigenvalue weighted by atomic mass is 127. The van der Waals surface area contributed by atoms with Crippen LogP contribution < -0.4 is 5.73 Å². The number of nitrogens with zero attached hydrogens (tertiary/aromatic N) is 2. The molecule has 0 aliphatic heterocycles. The molecule has 1 aromatic carbocycles. The molecular formula is C11H10ClFIN3. The maximum absolute atomic E-state index is 12.9. The van der Waals surface area contributed by atoms with E-state index >= 15 is 0 Å². The van der Waals surface area contributed by atoms with Crippen molar-refractivity contribution in [2.75, 3.05) is 5.73 Å². The van der Waals surface area contributed by atoms with Crippen LogP contribution in [0.2, 0.25) is 5.02 Å². The van der Waals surface area contributed by atoms with Crippen LogP contribution in [-0.2, 0) is 6.54 Å². The van der Waals surface area contributed by atoms with E-state index in [1.54, 1.807) is 10.7 Å². The average molecular weight is 366 g/mol. The lowest BCUT2D eigenvalue weighted by Gasteiger charge is -2.06. The molecule has 2 N–H and O–H groups in total. The molecule has 2 rings (SSSR count). The molecule has 0 bridgehead atoms. The van der Waals surface area contributed by atoms with E-state index in [1.165, 1.54) is 12.1 Å². The number of aryl methyl sites for hydroxylation is 1. The summed E-state index contributed by atoms with van der Waals surface area (Å²) in [5, 5.41) is 4.68. The zero-order chi connectivity index (χ0) is 12.6. The zero-order valence-electron chi connectivity index (χ0n) is 9.04.